The zero-order valence-electron chi connectivity index (χ0n) is 15.7. The summed E-state index contributed by atoms with van der Waals surface area (Å²) in [7, 11) is 1.60. The average molecular weight is 484 g/mol. The van der Waals surface area contributed by atoms with Gasteiger partial charge in [0.15, 0.2) is 5.96 Å². The number of rotatable bonds is 7. The first kappa shape index (κ1) is 21.4. The van der Waals surface area contributed by atoms with Crippen molar-refractivity contribution < 1.29 is 9.13 Å². The first-order chi connectivity index (χ1) is 12.7. The molecule has 0 radical (unpaired) electrons. The van der Waals surface area contributed by atoms with E-state index in [9.17, 15) is 4.39 Å². The van der Waals surface area contributed by atoms with Crippen LogP contribution in [0.25, 0.3) is 0 Å². The molecular weight excluding hydrogens is 458 g/mol. The molecule has 0 amide bonds. The van der Waals surface area contributed by atoms with Crippen LogP contribution in [-0.4, -0.2) is 31.1 Å². The predicted octanol–water partition coefficient (Wildman–Crippen LogP) is 3.63. The summed E-state index contributed by atoms with van der Waals surface area (Å²) < 4.78 is 19.4. The highest BCUT2D eigenvalue weighted by Crippen LogP contribution is 2.48. The number of nitrogens with one attached hydrogen (secondary N) is 2. The van der Waals surface area contributed by atoms with Gasteiger partial charge in [0, 0.05) is 30.3 Å². The second-order valence-corrected chi connectivity index (χ2v) is 6.48. The van der Waals surface area contributed by atoms with E-state index in [2.05, 4.69) is 20.6 Å². The van der Waals surface area contributed by atoms with Gasteiger partial charge in [-0.15, -0.1) is 24.0 Å². The number of benzene rings is 1. The van der Waals surface area contributed by atoms with Gasteiger partial charge >= 0.3 is 0 Å². The number of nitrogens with zero attached hydrogens (tertiary/aromatic N) is 2. The molecule has 146 valence electrons. The van der Waals surface area contributed by atoms with Crippen molar-refractivity contribution in [2.45, 2.75) is 31.7 Å². The fourth-order valence-corrected chi connectivity index (χ4v) is 3.07. The molecule has 2 aromatic rings. The van der Waals surface area contributed by atoms with Crippen molar-refractivity contribution in [1.29, 1.82) is 0 Å². The molecule has 5 nitrogen and oxygen atoms in total. The van der Waals surface area contributed by atoms with Gasteiger partial charge in [-0.05, 0) is 37.5 Å². The Bertz CT molecular complexity index is 780. The molecule has 7 heteroatoms. The maximum Gasteiger partial charge on any atom is 0.218 e. The SMILES string of the molecule is CCNC(=NCc1cccnc1OC)NCC1(c2ccccc2F)CC1.I. The molecule has 1 heterocycles. The first-order valence-corrected chi connectivity index (χ1v) is 8.93. The second kappa shape index (κ2) is 9.87. The van der Waals surface area contributed by atoms with E-state index in [0.29, 0.717) is 24.9 Å². The van der Waals surface area contributed by atoms with E-state index in [-0.39, 0.29) is 35.2 Å². The molecule has 27 heavy (non-hydrogen) atoms. The Morgan fingerprint density at radius 2 is 2.00 bits per heavy atom. The average Bonchev–Trinajstić information content (AvgIpc) is 3.45. The molecule has 0 spiro atoms. The Kier molecular flexibility index (Phi) is 7.82. The molecule has 1 aliphatic carbocycles. The highest BCUT2D eigenvalue weighted by atomic mass is 127. The molecule has 1 aromatic carbocycles. The molecule has 0 bridgehead atoms. The number of halogens is 2. The van der Waals surface area contributed by atoms with Crippen LogP contribution in [0.4, 0.5) is 4.39 Å². The summed E-state index contributed by atoms with van der Waals surface area (Å²) in [5.74, 6) is 1.16. The number of pyridine rings is 1. The maximum absolute atomic E-state index is 14.2. The number of methoxy groups -OCH3 is 1. The molecule has 1 aliphatic rings. The lowest BCUT2D eigenvalue weighted by molar-refractivity contribution is 0.392. The largest absolute Gasteiger partial charge is 0.481 e. The normalized spacial score (nSPS) is 14.9. The van der Waals surface area contributed by atoms with E-state index in [0.717, 1.165) is 30.5 Å². The number of aromatic nitrogens is 1. The third-order valence-corrected chi connectivity index (χ3v) is 4.69. The number of aliphatic imine (C=N–C) groups is 1. The fraction of sp³-hybridized carbons (Fsp3) is 0.400. The topological polar surface area (TPSA) is 58.5 Å². The van der Waals surface area contributed by atoms with Crippen molar-refractivity contribution in [3.63, 3.8) is 0 Å². The quantitative estimate of drug-likeness (QED) is 0.358. The van der Waals surface area contributed by atoms with Crippen LogP contribution in [0.15, 0.2) is 47.6 Å². The zero-order valence-corrected chi connectivity index (χ0v) is 18.0. The van der Waals surface area contributed by atoms with Crippen molar-refractivity contribution >= 4 is 29.9 Å². The summed E-state index contributed by atoms with van der Waals surface area (Å²) in [6.07, 6.45) is 3.66. The maximum atomic E-state index is 14.2. The molecule has 1 aromatic heterocycles. The minimum absolute atomic E-state index is 0. The Morgan fingerprint density at radius 1 is 1.22 bits per heavy atom. The van der Waals surface area contributed by atoms with Crippen LogP contribution >= 0.6 is 24.0 Å². The number of guanidine groups is 1. The summed E-state index contributed by atoms with van der Waals surface area (Å²) in [4.78, 5) is 8.81. The van der Waals surface area contributed by atoms with E-state index in [4.69, 9.17) is 4.74 Å². The van der Waals surface area contributed by atoms with E-state index in [1.807, 2.05) is 31.2 Å². The monoisotopic (exact) mass is 484 g/mol. The first-order valence-electron chi connectivity index (χ1n) is 8.93. The standard InChI is InChI=1S/C20H25FN4O.HI/c1-3-22-19(24-13-15-7-6-12-23-18(15)26-2)25-14-20(10-11-20)16-8-4-5-9-17(16)21;/h4-9,12H,3,10-11,13-14H2,1-2H3,(H2,22,24,25);1H. The van der Waals surface area contributed by atoms with Crippen LogP contribution in [0.5, 0.6) is 5.88 Å². The summed E-state index contributed by atoms with van der Waals surface area (Å²) in [6, 6.07) is 10.9. The smallest absolute Gasteiger partial charge is 0.218 e. The van der Waals surface area contributed by atoms with Crippen molar-refractivity contribution in [3.05, 3.63) is 59.5 Å². The second-order valence-electron chi connectivity index (χ2n) is 6.48. The molecule has 1 saturated carbocycles. The molecule has 3 rings (SSSR count). The summed E-state index contributed by atoms with van der Waals surface area (Å²) >= 11 is 0. The van der Waals surface area contributed by atoms with Crippen LogP contribution in [0.2, 0.25) is 0 Å². The van der Waals surface area contributed by atoms with E-state index >= 15 is 0 Å². The van der Waals surface area contributed by atoms with Crippen molar-refractivity contribution in [3.8, 4) is 5.88 Å². The summed E-state index contributed by atoms with van der Waals surface area (Å²) in [6.45, 7) is 3.89. The zero-order chi connectivity index (χ0) is 18.4. The molecule has 0 aliphatic heterocycles. The van der Waals surface area contributed by atoms with Crippen LogP contribution in [0, 0.1) is 5.82 Å². The Morgan fingerprint density at radius 3 is 2.67 bits per heavy atom. The molecular formula is C20H26FIN4O. The van der Waals surface area contributed by atoms with Crippen molar-refractivity contribution in [2.24, 2.45) is 4.99 Å². The van der Waals surface area contributed by atoms with Gasteiger partial charge in [-0.2, -0.15) is 0 Å². The summed E-state index contributed by atoms with van der Waals surface area (Å²) in [5, 5.41) is 6.61. The van der Waals surface area contributed by atoms with Gasteiger partial charge in [0.1, 0.15) is 5.82 Å². The lowest BCUT2D eigenvalue weighted by Gasteiger charge is -2.19. The molecule has 0 saturated heterocycles. The number of hydrogen-bond acceptors (Lipinski definition) is 3. The molecule has 0 unspecified atom stereocenters. The number of ether oxygens (including phenoxy) is 1. The van der Waals surface area contributed by atoms with Crippen LogP contribution in [0.3, 0.4) is 0 Å². The highest BCUT2D eigenvalue weighted by molar-refractivity contribution is 14.0. The Labute approximate surface area is 176 Å². The van der Waals surface area contributed by atoms with Gasteiger partial charge in [-0.1, -0.05) is 24.3 Å². The Hall–Kier alpha value is -1.90. The van der Waals surface area contributed by atoms with Crippen LogP contribution in [0.1, 0.15) is 30.9 Å². The van der Waals surface area contributed by atoms with Gasteiger partial charge < -0.3 is 15.4 Å². The van der Waals surface area contributed by atoms with Gasteiger partial charge in [0.25, 0.3) is 0 Å². The third-order valence-electron chi connectivity index (χ3n) is 4.69. The minimum Gasteiger partial charge on any atom is -0.481 e. The lowest BCUT2D eigenvalue weighted by atomic mass is 9.95. The third kappa shape index (κ3) is 5.31. The van der Waals surface area contributed by atoms with Gasteiger partial charge in [0.2, 0.25) is 5.88 Å². The molecule has 2 N–H and O–H groups in total. The molecule has 0 atom stereocenters. The van der Waals surface area contributed by atoms with E-state index in [1.54, 1.807) is 19.4 Å². The minimum atomic E-state index is -0.131. The lowest BCUT2D eigenvalue weighted by Crippen LogP contribution is -2.41. The Balaban J connectivity index is 0.00000261. The summed E-state index contributed by atoms with van der Waals surface area (Å²) in [5.41, 5.74) is 1.58. The fourth-order valence-electron chi connectivity index (χ4n) is 3.07. The van der Waals surface area contributed by atoms with Gasteiger partial charge in [0.05, 0.1) is 13.7 Å². The van der Waals surface area contributed by atoms with Crippen molar-refractivity contribution in [2.75, 3.05) is 20.2 Å². The van der Waals surface area contributed by atoms with Crippen LogP contribution in [-0.2, 0) is 12.0 Å². The molecule has 1 fully saturated rings. The highest BCUT2D eigenvalue weighted by Gasteiger charge is 2.45. The van der Waals surface area contributed by atoms with Gasteiger partial charge in [-0.25, -0.2) is 14.4 Å². The van der Waals surface area contributed by atoms with E-state index in [1.165, 1.54) is 6.07 Å². The van der Waals surface area contributed by atoms with Gasteiger partial charge in [-0.3, -0.25) is 0 Å². The predicted molar refractivity (Wildman–Crippen MR) is 116 cm³/mol. The van der Waals surface area contributed by atoms with Crippen LogP contribution < -0.4 is 15.4 Å². The number of hydrogen-bond donors (Lipinski definition) is 2. The van der Waals surface area contributed by atoms with Crippen molar-refractivity contribution in [1.82, 2.24) is 15.6 Å². The van der Waals surface area contributed by atoms with E-state index < -0.39 is 0 Å².